The van der Waals surface area contributed by atoms with Crippen LogP contribution in [0.5, 0.6) is 0 Å². The summed E-state index contributed by atoms with van der Waals surface area (Å²) in [4.78, 5) is 31.7. The SMILES string of the molecule is O=C(c1cscn1)N1CCN(C(=O)c2ccccc2F)CC1. The topological polar surface area (TPSA) is 53.5 Å². The number of nitrogens with zero attached hydrogens (tertiary/aromatic N) is 3. The van der Waals surface area contributed by atoms with E-state index in [1.807, 2.05) is 0 Å². The summed E-state index contributed by atoms with van der Waals surface area (Å²) in [7, 11) is 0. The highest BCUT2D eigenvalue weighted by Gasteiger charge is 2.27. The van der Waals surface area contributed by atoms with Crippen molar-refractivity contribution < 1.29 is 14.0 Å². The molecule has 1 aromatic carbocycles. The highest BCUT2D eigenvalue weighted by Crippen LogP contribution is 2.14. The standard InChI is InChI=1S/C15H14FN3O2S/c16-12-4-2-1-3-11(12)14(20)18-5-7-19(8-6-18)15(21)13-9-22-10-17-13/h1-4,9-10H,5-8H2. The molecule has 0 N–H and O–H groups in total. The van der Waals surface area contributed by atoms with Crippen molar-refractivity contribution in [3.63, 3.8) is 0 Å². The van der Waals surface area contributed by atoms with Crippen molar-refractivity contribution in [3.05, 3.63) is 52.2 Å². The van der Waals surface area contributed by atoms with Crippen LogP contribution in [0.3, 0.4) is 0 Å². The summed E-state index contributed by atoms with van der Waals surface area (Å²) < 4.78 is 13.7. The van der Waals surface area contributed by atoms with Crippen LogP contribution in [0.1, 0.15) is 20.8 Å². The number of carbonyl (C=O) groups excluding carboxylic acids is 2. The van der Waals surface area contributed by atoms with E-state index in [1.165, 1.54) is 23.5 Å². The fourth-order valence-corrected chi connectivity index (χ4v) is 2.92. The molecular formula is C15H14FN3O2S. The molecule has 2 heterocycles. The quantitative estimate of drug-likeness (QED) is 0.849. The van der Waals surface area contributed by atoms with Gasteiger partial charge in [0.1, 0.15) is 11.5 Å². The maximum atomic E-state index is 13.7. The molecule has 0 atom stereocenters. The Bertz CT molecular complexity index is 682. The fraction of sp³-hybridized carbons (Fsp3) is 0.267. The first-order chi connectivity index (χ1) is 10.7. The van der Waals surface area contributed by atoms with Gasteiger partial charge in [-0.2, -0.15) is 0 Å². The average Bonchev–Trinajstić information content (AvgIpc) is 3.09. The summed E-state index contributed by atoms with van der Waals surface area (Å²) in [5, 5.41) is 1.71. The van der Waals surface area contributed by atoms with E-state index in [4.69, 9.17) is 0 Å². The average molecular weight is 319 g/mol. The lowest BCUT2D eigenvalue weighted by atomic mass is 10.1. The van der Waals surface area contributed by atoms with Gasteiger partial charge in [0.15, 0.2) is 0 Å². The maximum Gasteiger partial charge on any atom is 0.273 e. The number of rotatable bonds is 2. The summed E-state index contributed by atoms with van der Waals surface area (Å²) in [5.41, 5.74) is 2.12. The lowest BCUT2D eigenvalue weighted by Crippen LogP contribution is -2.50. The Morgan fingerprint density at radius 2 is 1.68 bits per heavy atom. The Morgan fingerprint density at radius 3 is 2.27 bits per heavy atom. The lowest BCUT2D eigenvalue weighted by molar-refractivity contribution is 0.0530. The van der Waals surface area contributed by atoms with Gasteiger partial charge in [-0.15, -0.1) is 11.3 Å². The first-order valence-corrected chi connectivity index (χ1v) is 7.82. The molecule has 0 bridgehead atoms. The second kappa shape index (κ2) is 6.23. The fourth-order valence-electron chi connectivity index (χ4n) is 2.40. The van der Waals surface area contributed by atoms with Gasteiger partial charge >= 0.3 is 0 Å². The third-order valence-electron chi connectivity index (χ3n) is 3.61. The predicted octanol–water partition coefficient (Wildman–Crippen LogP) is 1.88. The number of piperazine rings is 1. The van der Waals surface area contributed by atoms with Crippen LogP contribution in [0.15, 0.2) is 35.2 Å². The van der Waals surface area contributed by atoms with Gasteiger partial charge in [0.2, 0.25) is 0 Å². The van der Waals surface area contributed by atoms with Gasteiger partial charge in [-0.1, -0.05) is 12.1 Å². The van der Waals surface area contributed by atoms with E-state index in [-0.39, 0.29) is 17.4 Å². The van der Waals surface area contributed by atoms with Crippen LogP contribution in [0.2, 0.25) is 0 Å². The zero-order valence-electron chi connectivity index (χ0n) is 11.7. The number of benzene rings is 1. The number of halogens is 1. The van der Waals surface area contributed by atoms with Crippen LogP contribution in [0.4, 0.5) is 4.39 Å². The molecule has 0 aliphatic carbocycles. The van der Waals surface area contributed by atoms with Gasteiger partial charge in [-0.3, -0.25) is 9.59 Å². The molecule has 3 rings (SSSR count). The zero-order chi connectivity index (χ0) is 15.5. The second-order valence-corrected chi connectivity index (χ2v) is 5.66. The van der Waals surface area contributed by atoms with E-state index >= 15 is 0 Å². The number of aromatic nitrogens is 1. The summed E-state index contributed by atoms with van der Waals surface area (Å²) in [6.07, 6.45) is 0. The van der Waals surface area contributed by atoms with Crippen molar-refractivity contribution in [2.24, 2.45) is 0 Å². The van der Waals surface area contributed by atoms with E-state index in [1.54, 1.807) is 32.8 Å². The van der Waals surface area contributed by atoms with Crippen molar-refractivity contribution >= 4 is 23.2 Å². The summed E-state index contributed by atoms with van der Waals surface area (Å²) in [6.45, 7) is 1.64. The summed E-state index contributed by atoms with van der Waals surface area (Å²) >= 11 is 1.37. The zero-order valence-corrected chi connectivity index (χ0v) is 12.6. The van der Waals surface area contributed by atoms with Crippen LogP contribution in [0.25, 0.3) is 0 Å². The normalized spacial score (nSPS) is 15.0. The molecule has 2 amide bonds. The highest BCUT2D eigenvalue weighted by atomic mass is 32.1. The molecule has 2 aromatic rings. The van der Waals surface area contributed by atoms with Gasteiger partial charge < -0.3 is 9.80 Å². The second-order valence-electron chi connectivity index (χ2n) is 4.94. The number of hydrogen-bond acceptors (Lipinski definition) is 4. The first kappa shape index (κ1) is 14.6. The van der Waals surface area contributed by atoms with Crippen molar-refractivity contribution in [2.45, 2.75) is 0 Å². The van der Waals surface area contributed by atoms with Gasteiger partial charge in [0.05, 0.1) is 11.1 Å². The van der Waals surface area contributed by atoms with Crippen molar-refractivity contribution in [2.75, 3.05) is 26.2 Å². The van der Waals surface area contributed by atoms with Crippen molar-refractivity contribution in [1.82, 2.24) is 14.8 Å². The molecule has 22 heavy (non-hydrogen) atoms. The molecule has 1 aromatic heterocycles. The number of carbonyl (C=O) groups is 2. The maximum absolute atomic E-state index is 13.7. The summed E-state index contributed by atoms with van der Waals surface area (Å²) in [5.74, 6) is -0.980. The third-order valence-corrected chi connectivity index (χ3v) is 4.20. The largest absolute Gasteiger partial charge is 0.335 e. The van der Waals surface area contributed by atoms with Gasteiger partial charge in [0, 0.05) is 31.6 Å². The van der Waals surface area contributed by atoms with Crippen LogP contribution < -0.4 is 0 Å². The molecule has 0 unspecified atom stereocenters. The molecule has 1 saturated heterocycles. The van der Waals surface area contributed by atoms with E-state index in [9.17, 15) is 14.0 Å². The smallest absolute Gasteiger partial charge is 0.273 e. The monoisotopic (exact) mass is 319 g/mol. The Kier molecular flexibility index (Phi) is 4.15. The van der Waals surface area contributed by atoms with Crippen LogP contribution in [-0.2, 0) is 0 Å². The summed E-state index contributed by atoms with van der Waals surface area (Å²) in [6, 6.07) is 5.94. The molecule has 0 saturated carbocycles. The molecule has 1 fully saturated rings. The third kappa shape index (κ3) is 2.85. The van der Waals surface area contributed by atoms with E-state index in [0.29, 0.717) is 31.9 Å². The molecule has 1 aliphatic rings. The van der Waals surface area contributed by atoms with Crippen LogP contribution in [0, 0.1) is 5.82 Å². The Balaban J connectivity index is 1.63. The van der Waals surface area contributed by atoms with E-state index in [2.05, 4.69) is 4.98 Å². The van der Waals surface area contributed by atoms with Crippen LogP contribution in [-0.4, -0.2) is 52.8 Å². The minimum Gasteiger partial charge on any atom is -0.335 e. The highest BCUT2D eigenvalue weighted by molar-refractivity contribution is 7.07. The lowest BCUT2D eigenvalue weighted by Gasteiger charge is -2.34. The van der Waals surface area contributed by atoms with Gasteiger partial charge in [0.25, 0.3) is 11.8 Å². The van der Waals surface area contributed by atoms with Crippen molar-refractivity contribution in [1.29, 1.82) is 0 Å². The molecule has 0 spiro atoms. The van der Waals surface area contributed by atoms with Gasteiger partial charge in [-0.25, -0.2) is 9.37 Å². The molecule has 0 radical (unpaired) electrons. The molecule has 1 aliphatic heterocycles. The van der Waals surface area contributed by atoms with E-state index < -0.39 is 5.82 Å². The first-order valence-electron chi connectivity index (χ1n) is 6.88. The molecule has 5 nitrogen and oxygen atoms in total. The molecule has 7 heteroatoms. The predicted molar refractivity (Wildman–Crippen MR) is 80.3 cm³/mol. The van der Waals surface area contributed by atoms with Crippen LogP contribution >= 0.6 is 11.3 Å². The molecule has 114 valence electrons. The van der Waals surface area contributed by atoms with E-state index in [0.717, 1.165) is 0 Å². The number of amides is 2. The Labute approximate surface area is 131 Å². The Morgan fingerprint density at radius 1 is 1.05 bits per heavy atom. The van der Waals surface area contributed by atoms with Crippen molar-refractivity contribution in [3.8, 4) is 0 Å². The minimum atomic E-state index is -0.520. The number of thiazole rings is 1. The number of hydrogen-bond donors (Lipinski definition) is 0. The minimum absolute atomic E-state index is 0.0711. The van der Waals surface area contributed by atoms with Gasteiger partial charge in [-0.05, 0) is 12.1 Å². The Hall–Kier alpha value is -2.28. The molecular weight excluding hydrogens is 305 g/mol.